The molecule has 0 fully saturated rings. The molecule has 0 bridgehead atoms. The van der Waals surface area contributed by atoms with Crippen molar-refractivity contribution < 1.29 is 9.47 Å². The van der Waals surface area contributed by atoms with E-state index in [1.807, 2.05) is 0 Å². The number of nitrogens with zero attached hydrogens (tertiary/aromatic N) is 2. The molecule has 0 aliphatic carbocycles. The Labute approximate surface area is 119 Å². The van der Waals surface area contributed by atoms with Crippen molar-refractivity contribution in [1.82, 2.24) is 9.80 Å². The number of ether oxygens (including phenoxy) is 2. The van der Waals surface area contributed by atoms with Gasteiger partial charge < -0.3 is 14.4 Å². The van der Waals surface area contributed by atoms with Gasteiger partial charge in [0, 0.05) is 6.54 Å². The number of hydrogen-bond donors (Lipinski definition) is 0. The minimum absolute atomic E-state index is 0.335. The van der Waals surface area contributed by atoms with Crippen LogP contribution >= 0.6 is 0 Å². The molecule has 0 N–H and O–H groups in total. The van der Waals surface area contributed by atoms with Gasteiger partial charge in [-0.05, 0) is 26.2 Å². The molecule has 0 aromatic heterocycles. The van der Waals surface area contributed by atoms with Crippen molar-refractivity contribution in [3.8, 4) is 11.8 Å². The molecule has 19 heavy (non-hydrogen) atoms. The minimum Gasteiger partial charge on any atom is -0.354 e. The van der Waals surface area contributed by atoms with Crippen molar-refractivity contribution in [2.75, 3.05) is 59.3 Å². The average molecular weight is 270 g/mol. The summed E-state index contributed by atoms with van der Waals surface area (Å²) in [5.74, 6) is 6.10. The van der Waals surface area contributed by atoms with Crippen LogP contribution in [0.3, 0.4) is 0 Å². The van der Waals surface area contributed by atoms with Crippen LogP contribution in [-0.2, 0) is 9.47 Å². The summed E-state index contributed by atoms with van der Waals surface area (Å²) in [7, 11) is 0. The third-order valence-electron chi connectivity index (χ3n) is 3.11. The van der Waals surface area contributed by atoms with Crippen LogP contribution in [0.1, 0.15) is 27.7 Å². The molecule has 0 aromatic rings. The zero-order chi connectivity index (χ0) is 14.3. The Balaban J connectivity index is 3.38. The van der Waals surface area contributed by atoms with Crippen molar-refractivity contribution >= 4 is 0 Å². The molecule has 0 aliphatic heterocycles. The summed E-state index contributed by atoms with van der Waals surface area (Å²) in [6, 6.07) is 0. The smallest absolute Gasteiger partial charge is 0.148 e. The highest BCUT2D eigenvalue weighted by atomic mass is 16.7. The van der Waals surface area contributed by atoms with Crippen LogP contribution in [0, 0.1) is 11.8 Å². The lowest BCUT2D eigenvalue weighted by atomic mass is 10.4. The van der Waals surface area contributed by atoms with Gasteiger partial charge in [0.15, 0.2) is 0 Å². The number of likely N-dealkylation sites (N-methyl/N-ethyl adjacent to an activating group) is 1. The molecular formula is C15H30N2O2. The van der Waals surface area contributed by atoms with Gasteiger partial charge >= 0.3 is 0 Å². The molecule has 0 saturated heterocycles. The Morgan fingerprint density at radius 1 is 0.789 bits per heavy atom. The second kappa shape index (κ2) is 13.8. The van der Waals surface area contributed by atoms with Gasteiger partial charge in [-0.2, -0.15) is 0 Å². The monoisotopic (exact) mass is 270 g/mol. The van der Waals surface area contributed by atoms with Crippen LogP contribution in [0.2, 0.25) is 0 Å². The van der Waals surface area contributed by atoms with Crippen molar-refractivity contribution in [2.24, 2.45) is 0 Å². The highest BCUT2D eigenvalue weighted by Crippen LogP contribution is 1.87. The molecule has 0 radical (unpaired) electrons. The van der Waals surface area contributed by atoms with Gasteiger partial charge in [0.1, 0.15) is 13.4 Å². The fourth-order valence-electron chi connectivity index (χ4n) is 1.61. The Morgan fingerprint density at radius 3 is 2.00 bits per heavy atom. The zero-order valence-electron chi connectivity index (χ0n) is 13.1. The van der Waals surface area contributed by atoms with E-state index in [1.165, 1.54) is 0 Å². The summed E-state index contributed by atoms with van der Waals surface area (Å²) >= 11 is 0. The van der Waals surface area contributed by atoms with E-state index in [2.05, 4.69) is 49.3 Å². The summed E-state index contributed by atoms with van der Waals surface area (Å²) < 4.78 is 10.7. The summed E-state index contributed by atoms with van der Waals surface area (Å²) in [5.41, 5.74) is 0. The Morgan fingerprint density at radius 2 is 1.42 bits per heavy atom. The van der Waals surface area contributed by atoms with E-state index in [-0.39, 0.29) is 0 Å². The van der Waals surface area contributed by atoms with Crippen molar-refractivity contribution in [3.63, 3.8) is 0 Å². The highest BCUT2D eigenvalue weighted by molar-refractivity contribution is 5.01. The van der Waals surface area contributed by atoms with Crippen LogP contribution < -0.4 is 0 Å². The van der Waals surface area contributed by atoms with E-state index in [0.717, 1.165) is 39.3 Å². The third-order valence-corrected chi connectivity index (χ3v) is 3.11. The van der Waals surface area contributed by atoms with E-state index in [9.17, 15) is 0 Å². The summed E-state index contributed by atoms with van der Waals surface area (Å²) in [6.45, 7) is 16.1. The van der Waals surface area contributed by atoms with E-state index in [1.54, 1.807) is 0 Å². The molecule has 4 nitrogen and oxygen atoms in total. The van der Waals surface area contributed by atoms with Gasteiger partial charge in [-0.1, -0.05) is 39.5 Å². The lowest BCUT2D eigenvalue weighted by Crippen LogP contribution is -2.27. The molecule has 0 saturated carbocycles. The van der Waals surface area contributed by atoms with E-state index >= 15 is 0 Å². The van der Waals surface area contributed by atoms with Gasteiger partial charge in [0.2, 0.25) is 0 Å². The molecule has 0 unspecified atom stereocenters. The van der Waals surface area contributed by atoms with Gasteiger partial charge in [0.25, 0.3) is 0 Å². The van der Waals surface area contributed by atoms with Crippen LogP contribution in [0.4, 0.5) is 0 Å². The largest absolute Gasteiger partial charge is 0.354 e. The van der Waals surface area contributed by atoms with E-state index in [4.69, 9.17) is 9.47 Å². The van der Waals surface area contributed by atoms with E-state index < -0.39 is 0 Å². The SMILES string of the molecule is CCN(CC)CC#CCOCOCCN(CC)CC. The Hall–Kier alpha value is -0.600. The Kier molecular flexibility index (Phi) is 13.4. The van der Waals surface area contributed by atoms with Crippen LogP contribution in [-0.4, -0.2) is 69.1 Å². The average Bonchev–Trinajstić information content (AvgIpc) is 2.45. The first kappa shape index (κ1) is 18.4. The van der Waals surface area contributed by atoms with Crippen molar-refractivity contribution in [1.29, 1.82) is 0 Å². The maximum absolute atomic E-state index is 5.40. The highest BCUT2D eigenvalue weighted by Gasteiger charge is 1.97. The first-order valence-electron chi connectivity index (χ1n) is 7.34. The summed E-state index contributed by atoms with van der Waals surface area (Å²) in [4.78, 5) is 4.59. The Bertz CT molecular complexity index is 240. The van der Waals surface area contributed by atoms with Crippen LogP contribution in [0.5, 0.6) is 0 Å². The maximum Gasteiger partial charge on any atom is 0.148 e. The van der Waals surface area contributed by atoms with Crippen LogP contribution in [0.15, 0.2) is 0 Å². The van der Waals surface area contributed by atoms with Gasteiger partial charge in [-0.25, -0.2) is 0 Å². The third kappa shape index (κ3) is 11.0. The number of rotatable bonds is 11. The lowest BCUT2D eigenvalue weighted by Gasteiger charge is -2.17. The lowest BCUT2D eigenvalue weighted by molar-refractivity contribution is -0.0470. The summed E-state index contributed by atoms with van der Waals surface area (Å²) in [5, 5.41) is 0. The molecule has 0 rings (SSSR count). The fourth-order valence-corrected chi connectivity index (χ4v) is 1.61. The normalized spacial score (nSPS) is 10.8. The minimum atomic E-state index is 0.335. The zero-order valence-corrected chi connectivity index (χ0v) is 13.1. The molecule has 0 atom stereocenters. The molecule has 0 spiro atoms. The molecule has 112 valence electrons. The molecule has 0 amide bonds. The first-order valence-corrected chi connectivity index (χ1v) is 7.34. The summed E-state index contributed by atoms with van der Waals surface area (Å²) in [6.07, 6.45) is 0. The second-order valence-electron chi connectivity index (χ2n) is 4.22. The molecular weight excluding hydrogens is 240 g/mol. The topological polar surface area (TPSA) is 24.9 Å². The predicted molar refractivity (Wildman–Crippen MR) is 80.1 cm³/mol. The van der Waals surface area contributed by atoms with Gasteiger partial charge in [0.05, 0.1) is 13.2 Å². The van der Waals surface area contributed by atoms with E-state index in [0.29, 0.717) is 20.0 Å². The molecule has 0 aliphatic rings. The quantitative estimate of drug-likeness (QED) is 0.324. The van der Waals surface area contributed by atoms with Crippen molar-refractivity contribution in [3.05, 3.63) is 0 Å². The van der Waals surface area contributed by atoms with Crippen molar-refractivity contribution in [2.45, 2.75) is 27.7 Å². The fraction of sp³-hybridized carbons (Fsp3) is 0.867. The van der Waals surface area contributed by atoms with Gasteiger partial charge in [-0.15, -0.1) is 0 Å². The van der Waals surface area contributed by atoms with Crippen LogP contribution in [0.25, 0.3) is 0 Å². The predicted octanol–water partition coefficient (Wildman–Crippen LogP) is 1.66. The number of hydrogen-bond acceptors (Lipinski definition) is 4. The molecule has 4 heteroatoms. The maximum atomic E-state index is 5.40. The van der Waals surface area contributed by atoms with Gasteiger partial charge in [-0.3, -0.25) is 4.90 Å². The molecule has 0 heterocycles. The first-order chi connectivity index (χ1) is 9.28. The molecule has 0 aromatic carbocycles. The standard InChI is InChI=1S/C15H30N2O2/c1-5-16(6-2)11-9-10-13-18-15-19-14-12-17(7-3)8-4/h5-8,11-15H2,1-4H3. The second-order valence-corrected chi connectivity index (χ2v) is 4.22.